The third-order valence-electron chi connectivity index (χ3n) is 1.95. The molecule has 0 heterocycles. The SMILES string of the molecule is Cc1cccc(S(=O)CC(N)C(N)=O)c1. The van der Waals surface area contributed by atoms with Crippen molar-refractivity contribution in [2.45, 2.75) is 17.9 Å². The third kappa shape index (κ3) is 3.45. The van der Waals surface area contributed by atoms with E-state index in [4.69, 9.17) is 11.5 Å². The average molecular weight is 226 g/mol. The summed E-state index contributed by atoms with van der Waals surface area (Å²) in [6, 6.07) is 6.43. The lowest BCUT2D eigenvalue weighted by molar-refractivity contribution is -0.118. The standard InChI is InChI=1S/C10H14N2O2S/c1-7-3-2-4-8(5-7)15(14)6-9(11)10(12)13/h2-5,9H,6,11H2,1H3,(H2,12,13). The van der Waals surface area contributed by atoms with Gasteiger partial charge in [0.1, 0.15) is 0 Å². The van der Waals surface area contributed by atoms with E-state index in [1.165, 1.54) is 0 Å². The maximum Gasteiger partial charge on any atom is 0.235 e. The first kappa shape index (κ1) is 11.9. The zero-order valence-electron chi connectivity index (χ0n) is 8.47. The lowest BCUT2D eigenvalue weighted by Gasteiger charge is -2.07. The highest BCUT2D eigenvalue weighted by Gasteiger charge is 2.14. The molecule has 0 aliphatic carbocycles. The molecule has 1 rings (SSSR count). The molecule has 1 aromatic rings. The number of benzene rings is 1. The van der Waals surface area contributed by atoms with Crippen LogP contribution in [0.15, 0.2) is 29.2 Å². The summed E-state index contributed by atoms with van der Waals surface area (Å²) >= 11 is 0. The Hall–Kier alpha value is -1.20. The highest BCUT2D eigenvalue weighted by molar-refractivity contribution is 7.85. The molecule has 82 valence electrons. The number of amides is 1. The predicted molar refractivity (Wildman–Crippen MR) is 59.6 cm³/mol. The van der Waals surface area contributed by atoms with Crippen LogP contribution in [0, 0.1) is 6.92 Å². The third-order valence-corrected chi connectivity index (χ3v) is 3.39. The van der Waals surface area contributed by atoms with E-state index in [1.807, 2.05) is 25.1 Å². The number of carbonyl (C=O) groups is 1. The number of hydrogen-bond donors (Lipinski definition) is 2. The number of hydrogen-bond acceptors (Lipinski definition) is 3. The molecule has 0 aliphatic rings. The minimum absolute atomic E-state index is 0.0682. The second kappa shape index (κ2) is 5.04. The Bertz CT molecular complexity index is 393. The van der Waals surface area contributed by atoms with Crippen molar-refractivity contribution >= 4 is 16.7 Å². The van der Waals surface area contributed by atoms with Gasteiger partial charge in [0, 0.05) is 4.90 Å². The lowest BCUT2D eigenvalue weighted by Crippen LogP contribution is -2.40. The van der Waals surface area contributed by atoms with Gasteiger partial charge in [0.15, 0.2) is 0 Å². The van der Waals surface area contributed by atoms with Crippen LogP contribution >= 0.6 is 0 Å². The fraction of sp³-hybridized carbons (Fsp3) is 0.300. The molecule has 0 fully saturated rings. The molecule has 1 aromatic carbocycles. The molecule has 0 saturated heterocycles. The van der Waals surface area contributed by atoms with Crippen molar-refractivity contribution in [3.05, 3.63) is 29.8 Å². The normalized spacial score (nSPS) is 14.5. The second-order valence-electron chi connectivity index (χ2n) is 3.34. The summed E-state index contributed by atoms with van der Waals surface area (Å²) in [5.74, 6) is -0.560. The van der Waals surface area contributed by atoms with Crippen LogP contribution in [0.3, 0.4) is 0 Å². The Labute approximate surface area is 91.1 Å². The smallest absolute Gasteiger partial charge is 0.235 e. The summed E-state index contributed by atoms with van der Waals surface area (Å²) < 4.78 is 11.7. The van der Waals surface area contributed by atoms with E-state index < -0.39 is 22.7 Å². The zero-order valence-corrected chi connectivity index (χ0v) is 9.29. The minimum atomic E-state index is -1.27. The number of aryl methyl sites for hydroxylation is 1. The van der Waals surface area contributed by atoms with Crippen molar-refractivity contribution in [3.63, 3.8) is 0 Å². The summed E-state index contributed by atoms with van der Waals surface area (Å²) in [4.78, 5) is 11.4. The summed E-state index contributed by atoms with van der Waals surface area (Å²) in [7, 11) is -1.27. The minimum Gasteiger partial charge on any atom is -0.368 e. The molecule has 0 spiro atoms. The zero-order chi connectivity index (χ0) is 11.4. The van der Waals surface area contributed by atoms with Gasteiger partial charge in [0.2, 0.25) is 5.91 Å². The molecule has 0 bridgehead atoms. The van der Waals surface area contributed by atoms with Crippen molar-refractivity contribution in [2.24, 2.45) is 11.5 Å². The van der Waals surface area contributed by atoms with Gasteiger partial charge in [-0.05, 0) is 24.6 Å². The fourth-order valence-electron chi connectivity index (χ4n) is 1.10. The Morgan fingerprint density at radius 1 is 1.53 bits per heavy atom. The van der Waals surface area contributed by atoms with Crippen molar-refractivity contribution in [1.29, 1.82) is 0 Å². The molecule has 4 N–H and O–H groups in total. The van der Waals surface area contributed by atoms with Gasteiger partial charge < -0.3 is 11.5 Å². The molecule has 0 radical (unpaired) electrons. The van der Waals surface area contributed by atoms with Crippen LogP contribution in [0.1, 0.15) is 5.56 Å². The summed E-state index contributed by atoms with van der Waals surface area (Å²) in [6.45, 7) is 1.91. The van der Waals surface area contributed by atoms with Gasteiger partial charge in [-0.2, -0.15) is 0 Å². The summed E-state index contributed by atoms with van der Waals surface area (Å²) in [6.07, 6.45) is 0. The van der Waals surface area contributed by atoms with Crippen LogP contribution in [0.25, 0.3) is 0 Å². The number of primary amides is 1. The van der Waals surface area contributed by atoms with Crippen LogP contribution in [0.4, 0.5) is 0 Å². The van der Waals surface area contributed by atoms with E-state index in [1.54, 1.807) is 6.07 Å². The summed E-state index contributed by atoms with van der Waals surface area (Å²) in [5.41, 5.74) is 11.4. The monoisotopic (exact) mass is 226 g/mol. The maximum atomic E-state index is 11.7. The van der Waals surface area contributed by atoms with Crippen molar-refractivity contribution in [1.82, 2.24) is 0 Å². The van der Waals surface area contributed by atoms with Gasteiger partial charge in [-0.1, -0.05) is 12.1 Å². The topological polar surface area (TPSA) is 86.2 Å². The van der Waals surface area contributed by atoms with E-state index in [0.29, 0.717) is 4.90 Å². The van der Waals surface area contributed by atoms with E-state index in [0.717, 1.165) is 5.56 Å². The largest absolute Gasteiger partial charge is 0.368 e. The van der Waals surface area contributed by atoms with E-state index in [9.17, 15) is 9.00 Å². The maximum absolute atomic E-state index is 11.7. The number of nitrogens with two attached hydrogens (primary N) is 2. The molecule has 2 unspecified atom stereocenters. The first-order valence-corrected chi connectivity index (χ1v) is 5.82. The van der Waals surface area contributed by atoms with E-state index in [2.05, 4.69) is 0 Å². The number of rotatable bonds is 4. The van der Waals surface area contributed by atoms with Crippen molar-refractivity contribution in [3.8, 4) is 0 Å². The highest BCUT2D eigenvalue weighted by atomic mass is 32.2. The van der Waals surface area contributed by atoms with Crippen molar-refractivity contribution < 1.29 is 9.00 Å². The van der Waals surface area contributed by atoms with Crippen LogP contribution in [0.5, 0.6) is 0 Å². The molecule has 0 aromatic heterocycles. The molecular weight excluding hydrogens is 212 g/mol. The highest BCUT2D eigenvalue weighted by Crippen LogP contribution is 2.09. The Morgan fingerprint density at radius 3 is 2.73 bits per heavy atom. The molecule has 5 heteroatoms. The molecule has 4 nitrogen and oxygen atoms in total. The van der Waals surface area contributed by atoms with Crippen molar-refractivity contribution in [2.75, 3.05) is 5.75 Å². The van der Waals surface area contributed by atoms with Gasteiger partial charge in [-0.25, -0.2) is 0 Å². The Balaban J connectivity index is 2.73. The van der Waals surface area contributed by atoms with Crippen LogP contribution < -0.4 is 11.5 Å². The van der Waals surface area contributed by atoms with E-state index >= 15 is 0 Å². The number of carbonyl (C=O) groups excluding carboxylic acids is 1. The van der Waals surface area contributed by atoms with Crippen LogP contribution in [-0.2, 0) is 15.6 Å². The first-order valence-electron chi connectivity index (χ1n) is 4.50. The molecule has 0 saturated carbocycles. The van der Waals surface area contributed by atoms with Crippen LogP contribution in [-0.4, -0.2) is 21.9 Å². The molecular formula is C10H14N2O2S. The first-order chi connectivity index (χ1) is 7.00. The average Bonchev–Trinajstić information content (AvgIpc) is 2.17. The summed E-state index contributed by atoms with van der Waals surface area (Å²) in [5, 5.41) is 0. The molecule has 0 aliphatic heterocycles. The molecule has 2 atom stereocenters. The predicted octanol–water partition coefficient (Wildman–Crippen LogP) is -0.0848. The van der Waals surface area contributed by atoms with Gasteiger partial charge >= 0.3 is 0 Å². The quantitative estimate of drug-likeness (QED) is 0.752. The second-order valence-corrected chi connectivity index (χ2v) is 4.83. The Kier molecular flexibility index (Phi) is 3.99. The lowest BCUT2D eigenvalue weighted by atomic mass is 10.2. The van der Waals surface area contributed by atoms with Gasteiger partial charge in [0.05, 0.1) is 22.6 Å². The molecule has 15 heavy (non-hydrogen) atoms. The van der Waals surface area contributed by atoms with Gasteiger partial charge in [0.25, 0.3) is 0 Å². The fourth-order valence-corrected chi connectivity index (χ4v) is 2.33. The van der Waals surface area contributed by atoms with Gasteiger partial charge in [-0.3, -0.25) is 9.00 Å². The van der Waals surface area contributed by atoms with Gasteiger partial charge in [-0.15, -0.1) is 0 Å². The Morgan fingerprint density at radius 2 is 2.20 bits per heavy atom. The molecule has 1 amide bonds. The van der Waals surface area contributed by atoms with E-state index in [-0.39, 0.29) is 5.75 Å². The van der Waals surface area contributed by atoms with Crippen LogP contribution in [0.2, 0.25) is 0 Å².